The van der Waals surface area contributed by atoms with Crippen LogP contribution in [0.25, 0.3) is 22.2 Å². The number of rotatable bonds is 8. The monoisotopic (exact) mass is 538 g/mol. The van der Waals surface area contributed by atoms with Crippen molar-refractivity contribution >= 4 is 45.8 Å². The molecule has 1 fully saturated rings. The average Bonchev–Trinajstić information content (AvgIpc) is 2.94. The van der Waals surface area contributed by atoms with Crippen LogP contribution >= 0.6 is 0 Å². The Morgan fingerprint density at radius 3 is 2.62 bits per heavy atom. The van der Waals surface area contributed by atoms with Gasteiger partial charge in [-0.2, -0.15) is 4.98 Å². The van der Waals surface area contributed by atoms with E-state index in [-0.39, 0.29) is 5.91 Å². The van der Waals surface area contributed by atoms with Crippen LogP contribution in [0.5, 0.6) is 0 Å². The Kier molecular flexibility index (Phi) is 8.13. The van der Waals surface area contributed by atoms with Gasteiger partial charge in [0.05, 0.1) is 23.1 Å². The first-order valence-corrected chi connectivity index (χ1v) is 13.2. The Hall–Kier alpha value is -4.61. The summed E-state index contributed by atoms with van der Waals surface area (Å²) in [6.07, 6.45) is 6.77. The van der Waals surface area contributed by atoms with Crippen LogP contribution < -0.4 is 21.3 Å². The Labute approximate surface area is 233 Å². The van der Waals surface area contributed by atoms with Gasteiger partial charge in [-0.15, -0.1) is 0 Å². The van der Waals surface area contributed by atoms with Crippen molar-refractivity contribution in [1.82, 2.24) is 29.7 Å². The topological polar surface area (TPSA) is 128 Å². The van der Waals surface area contributed by atoms with Gasteiger partial charge in [0.15, 0.2) is 0 Å². The van der Waals surface area contributed by atoms with Crippen molar-refractivity contribution in [1.29, 1.82) is 0 Å². The molecule has 0 spiro atoms. The van der Waals surface area contributed by atoms with Gasteiger partial charge in [0, 0.05) is 61.6 Å². The predicted octanol–water partition coefficient (Wildman–Crippen LogP) is 3.22. The zero-order valence-electron chi connectivity index (χ0n) is 23.0. The molecule has 0 aliphatic carbocycles. The largest absolute Gasteiger partial charge is 0.383 e. The molecular formula is C29H34N10O. The fourth-order valence-electron chi connectivity index (χ4n) is 4.46. The predicted molar refractivity (Wildman–Crippen MR) is 161 cm³/mol. The molecule has 3 aromatic heterocycles. The molecule has 40 heavy (non-hydrogen) atoms. The first-order chi connectivity index (χ1) is 19.4. The number of para-hydroxylation sites is 1. The van der Waals surface area contributed by atoms with Gasteiger partial charge in [-0.05, 0) is 51.5 Å². The summed E-state index contributed by atoms with van der Waals surface area (Å²) in [5.74, 6) is 1.46. The second-order valence-corrected chi connectivity index (χ2v) is 10.0. The minimum Gasteiger partial charge on any atom is -0.383 e. The number of nitrogens with zero attached hydrogens (tertiary/aromatic N) is 7. The molecule has 1 saturated heterocycles. The highest BCUT2D eigenvalue weighted by Crippen LogP contribution is 2.31. The Balaban J connectivity index is 1.37. The number of carbonyl (C=O) groups is 1. The maximum Gasteiger partial charge on any atom is 0.248 e. The van der Waals surface area contributed by atoms with Crippen molar-refractivity contribution in [3.63, 3.8) is 0 Å². The molecule has 0 saturated carbocycles. The molecule has 4 N–H and O–H groups in total. The molecule has 4 aromatic rings. The van der Waals surface area contributed by atoms with E-state index in [1.54, 1.807) is 18.5 Å². The number of hydrogen-bond donors (Lipinski definition) is 3. The number of nitrogen functional groups attached to an aromatic ring is 1. The van der Waals surface area contributed by atoms with Crippen molar-refractivity contribution in [3.05, 3.63) is 67.0 Å². The summed E-state index contributed by atoms with van der Waals surface area (Å²) in [4.78, 5) is 37.4. The van der Waals surface area contributed by atoms with Crippen molar-refractivity contribution < 1.29 is 4.79 Å². The van der Waals surface area contributed by atoms with E-state index in [4.69, 9.17) is 10.7 Å². The standard InChI is InChI=1S/C29H34N10O/c1-37(2)13-5-8-26(40)33-20-11-12-31-24(18-20)22-6-4-7-23-27(22)35-29(36-28(23)30)34-21-9-10-25(32-19-21)39-16-14-38(3)15-17-39/h4-12,18-19H,13-17H2,1-3H3,(H,31,33,40)(H3,30,34,35,36). The van der Waals surface area contributed by atoms with E-state index in [2.05, 4.69) is 42.4 Å². The summed E-state index contributed by atoms with van der Waals surface area (Å²) in [6, 6.07) is 13.2. The Morgan fingerprint density at radius 1 is 1.05 bits per heavy atom. The van der Waals surface area contributed by atoms with Crippen LogP contribution in [0.3, 0.4) is 0 Å². The number of hydrogen-bond acceptors (Lipinski definition) is 10. The average molecular weight is 539 g/mol. The lowest BCUT2D eigenvalue weighted by molar-refractivity contribution is -0.111. The van der Waals surface area contributed by atoms with E-state index in [1.165, 1.54) is 6.08 Å². The van der Waals surface area contributed by atoms with Crippen LogP contribution in [-0.2, 0) is 4.79 Å². The van der Waals surface area contributed by atoms with Crippen LogP contribution in [0.15, 0.2) is 67.0 Å². The van der Waals surface area contributed by atoms with Crippen molar-refractivity contribution in [2.45, 2.75) is 0 Å². The van der Waals surface area contributed by atoms with Crippen LogP contribution in [0.2, 0.25) is 0 Å². The number of nitrogens with two attached hydrogens (primary N) is 1. The molecule has 5 rings (SSSR count). The number of likely N-dealkylation sites (N-methyl/N-ethyl adjacent to an activating group) is 2. The third kappa shape index (κ3) is 6.50. The number of carbonyl (C=O) groups excluding carboxylic acids is 1. The number of fused-ring (bicyclic) bond motifs is 1. The quantitative estimate of drug-likeness (QED) is 0.288. The number of nitrogens with one attached hydrogen (secondary N) is 2. The lowest BCUT2D eigenvalue weighted by Crippen LogP contribution is -2.44. The summed E-state index contributed by atoms with van der Waals surface area (Å²) >= 11 is 0. The molecule has 11 heteroatoms. The van der Waals surface area contributed by atoms with E-state index >= 15 is 0 Å². The van der Waals surface area contributed by atoms with Gasteiger partial charge >= 0.3 is 0 Å². The summed E-state index contributed by atoms with van der Waals surface area (Å²) in [5, 5.41) is 6.85. The zero-order chi connectivity index (χ0) is 28.1. The molecular weight excluding hydrogens is 504 g/mol. The second-order valence-electron chi connectivity index (χ2n) is 10.0. The van der Waals surface area contributed by atoms with E-state index in [9.17, 15) is 4.79 Å². The van der Waals surface area contributed by atoms with Gasteiger partial charge in [-0.1, -0.05) is 18.2 Å². The van der Waals surface area contributed by atoms with Gasteiger partial charge in [0.2, 0.25) is 11.9 Å². The Bertz CT molecular complexity index is 1510. The number of aromatic nitrogens is 4. The summed E-state index contributed by atoms with van der Waals surface area (Å²) < 4.78 is 0. The molecule has 1 aliphatic heterocycles. The fourth-order valence-corrected chi connectivity index (χ4v) is 4.46. The molecule has 0 radical (unpaired) electrons. The van der Waals surface area contributed by atoms with E-state index in [0.29, 0.717) is 35.2 Å². The molecule has 206 valence electrons. The first kappa shape index (κ1) is 27.0. The van der Waals surface area contributed by atoms with Crippen molar-refractivity contribution in [2.75, 3.05) is 75.1 Å². The zero-order valence-corrected chi connectivity index (χ0v) is 23.0. The van der Waals surface area contributed by atoms with Crippen LogP contribution in [-0.4, -0.2) is 89.5 Å². The number of benzene rings is 1. The molecule has 0 atom stereocenters. The molecule has 0 unspecified atom stereocenters. The maximum atomic E-state index is 12.3. The lowest BCUT2D eigenvalue weighted by atomic mass is 10.1. The van der Waals surface area contributed by atoms with E-state index < -0.39 is 0 Å². The van der Waals surface area contributed by atoms with Crippen molar-refractivity contribution in [2.24, 2.45) is 0 Å². The molecule has 1 aliphatic rings. The lowest BCUT2D eigenvalue weighted by Gasteiger charge is -2.33. The molecule has 11 nitrogen and oxygen atoms in total. The highest BCUT2D eigenvalue weighted by molar-refractivity contribution is 6.01. The van der Waals surface area contributed by atoms with Crippen LogP contribution in [0, 0.1) is 0 Å². The molecule has 0 bridgehead atoms. The minimum atomic E-state index is -0.206. The van der Waals surface area contributed by atoms with Gasteiger partial charge in [-0.25, -0.2) is 9.97 Å². The Morgan fingerprint density at radius 2 is 1.88 bits per heavy atom. The van der Waals surface area contributed by atoms with Gasteiger partial charge < -0.3 is 31.1 Å². The third-order valence-corrected chi connectivity index (χ3v) is 6.63. The number of pyridine rings is 2. The van der Waals surface area contributed by atoms with Gasteiger partial charge in [0.25, 0.3) is 0 Å². The van der Waals surface area contributed by atoms with Gasteiger partial charge in [0.1, 0.15) is 11.6 Å². The number of anilines is 5. The third-order valence-electron chi connectivity index (χ3n) is 6.63. The second kappa shape index (κ2) is 12.1. The maximum absolute atomic E-state index is 12.3. The van der Waals surface area contributed by atoms with Crippen molar-refractivity contribution in [3.8, 4) is 11.3 Å². The van der Waals surface area contributed by atoms with Crippen LogP contribution in [0.4, 0.5) is 29.0 Å². The van der Waals surface area contributed by atoms with E-state index in [1.807, 2.05) is 61.5 Å². The first-order valence-electron chi connectivity index (χ1n) is 13.2. The molecule has 4 heterocycles. The van der Waals surface area contributed by atoms with Gasteiger partial charge in [-0.3, -0.25) is 9.78 Å². The highest BCUT2D eigenvalue weighted by atomic mass is 16.1. The fraction of sp³-hybridized carbons (Fsp3) is 0.276. The molecule has 1 amide bonds. The summed E-state index contributed by atoms with van der Waals surface area (Å²) in [6.45, 7) is 4.63. The highest BCUT2D eigenvalue weighted by Gasteiger charge is 2.16. The van der Waals surface area contributed by atoms with Crippen LogP contribution in [0.1, 0.15) is 0 Å². The number of amides is 1. The number of piperazine rings is 1. The summed E-state index contributed by atoms with van der Waals surface area (Å²) in [7, 11) is 6.02. The smallest absolute Gasteiger partial charge is 0.248 e. The molecule has 1 aromatic carbocycles. The SMILES string of the molecule is CN(C)CC=CC(=O)Nc1ccnc(-c2cccc3c(N)nc(Nc4ccc(N5CCN(C)CC5)nc4)nc23)c1. The van der Waals surface area contributed by atoms with E-state index in [0.717, 1.165) is 48.6 Å². The summed E-state index contributed by atoms with van der Waals surface area (Å²) in [5.41, 5.74) is 9.83. The minimum absolute atomic E-state index is 0.206. The normalized spacial score (nSPS) is 14.2.